The predicted molar refractivity (Wildman–Crippen MR) is 67.9 cm³/mol. The summed E-state index contributed by atoms with van der Waals surface area (Å²) in [5.41, 5.74) is 0.801. The molecule has 0 N–H and O–H groups in total. The second-order valence-corrected chi connectivity index (χ2v) is 4.79. The minimum Gasteiger partial charge on any atom is -0.299 e. The number of aromatic nitrogens is 3. The summed E-state index contributed by atoms with van der Waals surface area (Å²) in [5.74, 6) is -2.12. The summed E-state index contributed by atoms with van der Waals surface area (Å²) in [6.07, 6.45) is 1.61. The smallest absolute Gasteiger partial charge is 0.299 e. The van der Waals surface area contributed by atoms with E-state index in [-0.39, 0.29) is 22.8 Å². The molecule has 1 aromatic carbocycles. The van der Waals surface area contributed by atoms with Crippen LogP contribution in [0.3, 0.4) is 0 Å². The van der Waals surface area contributed by atoms with Crippen LogP contribution in [0, 0.1) is 5.82 Å². The lowest BCUT2D eigenvalue weighted by molar-refractivity contribution is -0.114. The van der Waals surface area contributed by atoms with Gasteiger partial charge in [-0.05, 0) is 12.1 Å². The number of carbonyl (C=O) groups excluding carboxylic acids is 2. The Hall–Kier alpha value is -2.28. The Bertz CT molecular complexity index is 743. The molecular formula is C12H8ClFN4O2. The highest BCUT2D eigenvalue weighted by Crippen LogP contribution is 2.33. The summed E-state index contributed by atoms with van der Waals surface area (Å²) < 4.78 is 15.0. The van der Waals surface area contributed by atoms with Gasteiger partial charge < -0.3 is 0 Å². The molecule has 0 aliphatic carbocycles. The Morgan fingerprint density at radius 1 is 1.35 bits per heavy atom. The molecule has 0 saturated carbocycles. The number of rotatable bonds is 2. The van der Waals surface area contributed by atoms with E-state index >= 15 is 0 Å². The van der Waals surface area contributed by atoms with E-state index in [1.165, 1.54) is 15.6 Å². The SMILES string of the molecule is Cn1cc(CN2C(=O)C(=O)c3cc(Cl)c(F)cc32)nn1. The molecule has 1 aliphatic rings. The van der Waals surface area contributed by atoms with E-state index in [0.29, 0.717) is 5.69 Å². The Kier molecular flexibility index (Phi) is 2.79. The fourth-order valence-electron chi connectivity index (χ4n) is 2.08. The lowest BCUT2D eigenvalue weighted by Gasteiger charge is -2.14. The van der Waals surface area contributed by atoms with Crippen molar-refractivity contribution in [3.63, 3.8) is 0 Å². The van der Waals surface area contributed by atoms with Crippen LogP contribution < -0.4 is 4.90 Å². The Balaban J connectivity index is 2.03. The first kappa shape index (κ1) is 12.7. The number of nitrogens with zero attached hydrogens (tertiary/aromatic N) is 4. The van der Waals surface area contributed by atoms with Crippen LogP contribution in [-0.2, 0) is 18.4 Å². The number of halogens is 2. The topological polar surface area (TPSA) is 68.1 Å². The van der Waals surface area contributed by atoms with Gasteiger partial charge in [-0.1, -0.05) is 16.8 Å². The predicted octanol–water partition coefficient (Wildman–Crippen LogP) is 1.34. The van der Waals surface area contributed by atoms with Crippen molar-refractivity contribution in [2.75, 3.05) is 4.90 Å². The molecule has 3 rings (SSSR count). The first-order valence-corrected chi connectivity index (χ1v) is 6.05. The van der Waals surface area contributed by atoms with Gasteiger partial charge in [-0.2, -0.15) is 0 Å². The zero-order valence-electron chi connectivity index (χ0n) is 10.3. The highest BCUT2D eigenvalue weighted by Gasteiger charge is 2.37. The second kappa shape index (κ2) is 4.38. The number of aryl methyl sites for hydroxylation is 1. The lowest BCUT2D eigenvalue weighted by atomic mass is 10.1. The van der Waals surface area contributed by atoms with Crippen LogP contribution in [0.15, 0.2) is 18.3 Å². The molecule has 0 fully saturated rings. The molecule has 0 bridgehead atoms. The standard InChI is InChI=1S/C12H8ClFN4O2/c1-17-4-6(15-16-17)5-18-10-3-9(14)8(13)2-7(10)11(19)12(18)20/h2-4H,5H2,1H3. The molecule has 0 radical (unpaired) electrons. The Labute approximate surface area is 117 Å². The van der Waals surface area contributed by atoms with Crippen molar-refractivity contribution in [3.8, 4) is 0 Å². The molecule has 6 nitrogen and oxygen atoms in total. The van der Waals surface area contributed by atoms with Crippen LogP contribution >= 0.6 is 11.6 Å². The largest absolute Gasteiger partial charge is 0.299 e. The first-order chi connectivity index (χ1) is 9.47. The third-order valence-corrected chi connectivity index (χ3v) is 3.27. The van der Waals surface area contributed by atoms with Gasteiger partial charge >= 0.3 is 0 Å². The molecule has 20 heavy (non-hydrogen) atoms. The van der Waals surface area contributed by atoms with E-state index in [1.54, 1.807) is 13.2 Å². The summed E-state index contributed by atoms with van der Waals surface area (Å²) >= 11 is 5.63. The third kappa shape index (κ3) is 1.87. The zero-order valence-corrected chi connectivity index (χ0v) is 11.1. The molecular weight excluding hydrogens is 287 g/mol. The van der Waals surface area contributed by atoms with Gasteiger partial charge in [0.1, 0.15) is 11.5 Å². The number of fused-ring (bicyclic) bond motifs is 1. The maximum Gasteiger partial charge on any atom is 0.299 e. The van der Waals surface area contributed by atoms with Crippen molar-refractivity contribution in [1.29, 1.82) is 0 Å². The molecule has 1 aliphatic heterocycles. The van der Waals surface area contributed by atoms with E-state index in [0.717, 1.165) is 6.07 Å². The second-order valence-electron chi connectivity index (χ2n) is 4.39. The van der Waals surface area contributed by atoms with Crippen LogP contribution in [0.1, 0.15) is 16.1 Å². The molecule has 0 saturated heterocycles. The van der Waals surface area contributed by atoms with E-state index in [9.17, 15) is 14.0 Å². The summed E-state index contributed by atoms with van der Waals surface area (Å²) in [5, 5.41) is 7.39. The quantitative estimate of drug-likeness (QED) is 0.784. The van der Waals surface area contributed by atoms with E-state index < -0.39 is 17.5 Å². The minimum atomic E-state index is -0.729. The van der Waals surface area contributed by atoms with Gasteiger partial charge in [0.15, 0.2) is 0 Å². The highest BCUT2D eigenvalue weighted by atomic mass is 35.5. The maximum absolute atomic E-state index is 13.5. The van der Waals surface area contributed by atoms with Crippen LogP contribution in [-0.4, -0.2) is 26.7 Å². The number of amides is 1. The van der Waals surface area contributed by atoms with Gasteiger partial charge in [-0.3, -0.25) is 19.2 Å². The molecule has 102 valence electrons. The highest BCUT2D eigenvalue weighted by molar-refractivity contribution is 6.52. The van der Waals surface area contributed by atoms with E-state index in [1.807, 2.05) is 0 Å². The first-order valence-electron chi connectivity index (χ1n) is 5.68. The number of carbonyl (C=O) groups is 2. The zero-order chi connectivity index (χ0) is 14.4. The maximum atomic E-state index is 13.5. The minimum absolute atomic E-state index is 0.0481. The van der Waals surface area contributed by atoms with Crippen molar-refractivity contribution >= 4 is 29.0 Å². The number of Topliss-reactive ketones (excluding diaryl/α,β-unsaturated/α-hetero) is 1. The van der Waals surface area contributed by atoms with Crippen LogP contribution in [0.25, 0.3) is 0 Å². The number of hydrogen-bond acceptors (Lipinski definition) is 4. The van der Waals surface area contributed by atoms with Gasteiger partial charge in [0, 0.05) is 13.2 Å². The van der Waals surface area contributed by atoms with Gasteiger partial charge in [-0.25, -0.2) is 4.39 Å². The molecule has 0 atom stereocenters. The summed E-state index contributed by atoms with van der Waals surface area (Å²) in [4.78, 5) is 25.0. The van der Waals surface area contributed by atoms with Crippen molar-refractivity contribution in [3.05, 3.63) is 40.4 Å². The monoisotopic (exact) mass is 294 g/mol. The summed E-state index contributed by atoms with van der Waals surface area (Å²) in [6, 6.07) is 2.25. The number of anilines is 1. The van der Waals surface area contributed by atoms with Crippen molar-refractivity contribution < 1.29 is 14.0 Å². The Morgan fingerprint density at radius 2 is 2.10 bits per heavy atom. The molecule has 0 spiro atoms. The molecule has 1 amide bonds. The third-order valence-electron chi connectivity index (χ3n) is 2.98. The van der Waals surface area contributed by atoms with Gasteiger partial charge in [0.2, 0.25) is 0 Å². The lowest BCUT2D eigenvalue weighted by Crippen LogP contribution is -2.29. The average molecular weight is 295 g/mol. The molecule has 1 aromatic heterocycles. The normalized spacial score (nSPS) is 14.1. The fourth-order valence-corrected chi connectivity index (χ4v) is 2.24. The van der Waals surface area contributed by atoms with Crippen molar-refractivity contribution in [2.45, 2.75) is 6.54 Å². The van der Waals surface area contributed by atoms with Crippen molar-refractivity contribution in [1.82, 2.24) is 15.0 Å². The molecule has 0 unspecified atom stereocenters. The van der Waals surface area contributed by atoms with E-state index in [2.05, 4.69) is 10.3 Å². The number of hydrogen-bond donors (Lipinski definition) is 0. The number of ketones is 1. The van der Waals surface area contributed by atoms with Crippen LogP contribution in [0.5, 0.6) is 0 Å². The average Bonchev–Trinajstić information content (AvgIpc) is 2.90. The van der Waals surface area contributed by atoms with Gasteiger partial charge in [0.05, 0.1) is 22.8 Å². The summed E-state index contributed by atoms with van der Waals surface area (Å²) in [7, 11) is 1.68. The van der Waals surface area contributed by atoms with Crippen LogP contribution in [0.2, 0.25) is 5.02 Å². The number of benzene rings is 1. The van der Waals surface area contributed by atoms with Crippen molar-refractivity contribution in [2.24, 2.45) is 7.05 Å². The van der Waals surface area contributed by atoms with Gasteiger partial charge in [-0.15, -0.1) is 5.10 Å². The molecule has 8 heteroatoms. The summed E-state index contributed by atoms with van der Waals surface area (Å²) in [6.45, 7) is 0.0481. The molecule has 2 heterocycles. The van der Waals surface area contributed by atoms with Crippen LogP contribution in [0.4, 0.5) is 10.1 Å². The van der Waals surface area contributed by atoms with E-state index in [4.69, 9.17) is 11.6 Å². The van der Waals surface area contributed by atoms with Gasteiger partial charge in [0.25, 0.3) is 11.7 Å². The fraction of sp³-hybridized carbons (Fsp3) is 0.167. The molecule has 2 aromatic rings. The Morgan fingerprint density at radius 3 is 2.75 bits per heavy atom.